The minimum absolute atomic E-state index is 0.636. The number of nitrogens with one attached hydrogen (secondary N) is 1. The number of hydrogen-bond donors (Lipinski definition) is 1. The van der Waals surface area contributed by atoms with Gasteiger partial charge in [-0.05, 0) is 6.07 Å². The van der Waals surface area contributed by atoms with E-state index in [-0.39, 0.29) is 0 Å². The van der Waals surface area contributed by atoms with Crippen LogP contribution in [-0.2, 0) is 21.1 Å². The maximum atomic E-state index is 5.49. The Morgan fingerprint density at radius 3 is 2.66 bits per heavy atom. The lowest BCUT2D eigenvalue weighted by atomic mass is 10.3. The van der Waals surface area contributed by atoms with Crippen LogP contribution in [0.4, 0.5) is 11.6 Å². The van der Waals surface area contributed by atoms with Gasteiger partial charge in [0.15, 0.2) is 11.3 Å². The molecule has 146 valence electrons. The fraction of sp³-hybridized carbons (Fsp3) is 0.211. The Morgan fingerprint density at radius 2 is 1.83 bits per heavy atom. The molecular weight excluding hydrogens is 370 g/mol. The molecule has 0 bridgehead atoms. The molecule has 10 nitrogen and oxygen atoms in total. The standard InChI is InChI=1S/C19H19N9O/c1-26-6-5-12-19(26)22-14(10-20-12)13-7-17(27(2)25-13)23-16-8-15(29-4)11-9-21-28(3)18(11)24-16/h5-10H,1-4H3,(H,23,24). The van der Waals surface area contributed by atoms with Crippen molar-refractivity contribution >= 4 is 33.8 Å². The fourth-order valence-corrected chi connectivity index (χ4v) is 3.30. The van der Waals surface area contributed by atoms with E-state index >= 15 is 0 Å². The third-order valence-electron chi connectivity index (χ3n) is 4.86. The number of anilines is 2. The normalized spacial score (nSPS) is 11.4. The largest absolute Gasteiger partial charge is 0.496 e. The topological polar surface area (TPSA) is 100 Å². The molecule has 5 aromatic rings. The maximum absolute atomic E-state index is 5.49. The number of hydrogen-bond acceptors (Lipinski definition) is 7. The summed E-state index contributed by atoms with van der Waals surface area (Å²) in [6.45, 7) is 0. The number of ether oxygens (including phenoxy) is 1. The van der Waals surface area contributed by atoms with Crippen molar-refractivity contribution in [2.24, 2.45) is 21.1 Å². The maximum Gasteiger partial charge on any atom is 0.163 e. The van der Waals surface area contributed by atoms with Crippen LogP contribution in [0.15, 0.2) is 36.8 Å². The summed E-state index contributed by atoms with van der Waals surface area (Å²) in [4.78, 5) is 13.8. The van der Waals surface area contributed by atoms with Crippen LogP contribution in [0.25, 0.3) is 33.6 Å². The van der Waals surface area contributed by atoms with Crippen LogP contribution < -0.4 is 10.1 Å². The zero-order valence-electron chi connectivity index (χ0n) is 16.5. The van der Waals surface area contributed by atoms with Gasteiger partial charge < -0.3 is 14.6 Å². The van der Waals surface area contributed by atoms with Crippen molar-refractivity contribution < 1.29 is 4.74 Å². The predicted octanol–water partition coefficient (Wildman–Crippen LogP) is 2.40. The van der Waals surface area contributed by atoms with Gasteiger partial charge in [-0.1, -0.05) is 0 Å². The molecule has 0 saturated heterocycles. The second-order valence-corrected chi connectivity index (χ2v) is 6.77. The smallest absolute Gasteiger partial charge is 0.163 e. The average molecular weight is 389 g/mol. The average Bonchev–Trinajstić information content (AvgIpc) is 3.40. The molecule has 0 radical (unpaired) electrons. The highest BCUT2D eigenvalue weighted by atomic mass is 16.5. The molecule has 5 aromatic heterocycles. The number of fused-ring (bicyclic) bond motifs is 2. The highest BCUT2D eigenvalue weighted by molar-refractivity contribution is 5.84. The lowest BCUT2D eigenvalue weighted by Crippen LogP contribution is -2.02. The van der Waals surface area contributed by atoms with E-state index in [2.05, 4.69) is 30.5 Å². The van der Waals surface area contributed by atoms with Gasteiger partial charge in [-0.3, -0.25) is 14.3 Å². The molecule has 5 rings (SSSR count). The van der Waals surface area contributed by atoms with Crippen molar-refractivity contribution in [1.82, 2.24) is 39.1 Å². The van der Waals surface area contributed by atoms with Gasteiger partial charge in [-0.2, -0.15) is 10.2 Å². The lowest BCUT2D eigenvalue weighted by molar-refractivity contribution is 0.419. The molecule has 0 spiro atoms. The molecule has 0 aliphatic carbocycles. The minimum Gasteiger partial charge on any atom is -0.496 e. The molecule has 0 unspecified atom stereocenters. The Bertz CT molecular complexity index is 1360. The van der Waals surface area contributed by atoms with Gasteiger partial charge in [-0.15, -0.1) is 0 Å². The molecular formula is C19H19N9O. The molecule has 0 aromatic carbocycles. The second-order valence-electron chi connectivity index (χ2n) is 6.77. The third kappa shape index (κ3) is 2.76. The van der Waals surface area contributed by atoms with Crippen molar-refractivity contribution in [1.29, 1.82) is 0 Å². The summed E-state index contributed by atoms with van der Waals surface area (Å²) >= 11 is 0. The molecule has 0 amide bonds. The lowest BCUT2D eigenvalue weighted by Gasteiger charge is -2.08. The number of aromatic nitrogens is 8. The van der Waals surface area contributed by atoms with Crippen LogP contribution in [0.1, 0.15) is 0 Å². The predicted molar refractivity (Wildman–Crippen MR) is 109 cm³/mol. The van der Waals surface area contributed by atoms with E-state index in [9.17, 15) is 0 Å². The summed E-state index contributed by atoms with van der Waals surface area (Å²) < 4.78 is 10.9. The number of rotatable bonds is 4. The summed E-state index contributed by atoms with van der Waals surface area (Å²) in [6.07, 6.45) is 5.41. The van der Waals surface area contributed by atoms with Crippen molar-refractivity contribution in [2.45, 2.75) is 0 Å². The first-order chi connectivity index (χ1) is 14.0. The van der Waals surface area contributed by atoms with Gasteiger partial charge in [0.05, 0.1) is 24.9 Å². The summed E-state index contributed by atoms with van der Waals surface area (Å²) in [6, 6.07) is 5.69. The molecule has 0 saturated carbocycles. The van der Waals surface area contributed by atoms with Crippen molar-refractivity contribution in [2.75, 3.05) is 12.4 Å². The van der Waals surface area contributed by atoms with Crippen LogP contribution in [0, 0.1) is 0 Å². The van der Waals surface area contributed by atoms with Crippen LogP contribution in [-0.4, -0.2) is 46.2 Å². The van der Waals surface area contributed by atoms with E-state index in [4.69, 9.17) is 4.74 Å². The summed E-state index contributed by atoms with van der Waals surface area (Å²) in [7, 11) is 7.28. The van der Waals surface area contributed by atoms with E-state index in [1.165, 1.54) is 0 Å². The van der Waals surface area contributed by atoms with Gasteiger partial charge in [-0.25, -0.2) is 9.97 Å². The Morgan fingerprint density at radius 1 is 0.966 bits per heavy atom. The van der Waals surface area contributed by atoms with Gasteiger partial charge in [0.1, 0.15) is 34.3 Å². The van der Waals surface area contributed by atoms with Crippen LogP contribution in [0.5, 0.6) is 5.75 Å². The van der Waals surface area contributed by atoms with E-state index in [1.807, 2.05) is 50.1 Å². The molecule has 1 N–H and O–H groups in total. The van der Waals surface area contributed by atoms with E-state index in [1.54, 1.807) is 28.9 Å². The Kier molecular flexibility index (Phi) is 3.73. The van der Waals surface area contributed by atoms with Gasteiger partial charge in [0.25, 0.3) is 0 Å². The summed E-state index contributed by atoms with van der Waals surface area (Å²) in [5, 5.41) is 13.0. The highest BCUT2D eigenvalue weighted by Gasteiger charge is 2.14. The summed E-state index contributed by atoms with van der Waals surface area (Å²) in [5.74, 6) is 2.11. The molecule has 0 fully saturated rings. The molecule has 5 heterocycles. The summed E-state index contributed by atoms with van der Waals surface area (Å²) in [5.41, 5.74) is 3.83. The van der Waals surface area contributed by atoms with Crippen LogP contribution in [0.2, 0.25) is 0 Å². The monoisotopic (exact) mass is 389 g/mol. The Balaban J connectivity index is 1.53. The zero-order chi connectivity index (χ0) is 20.1. The van der Waals surface area contributed by atoms with Gasteiger partial charge in [0, 0.05) is 39.5 Å². The zero-order valence-corrected chi connectivity index (χ0v) is 16.5. The number of aryl methyl sites for hydroxylation is 3. The van der Waals surface area contributed by atoms with Crippen LogP contribution >= 0.6 is 0 Å². The van der Waals surface area contributed by atoms with E-state index < -0.39 is 0 Å². The molecule has 0 aliphatic heterocycles. The first-order valence-electron chi connectivity index (χ1n) is 9.00. The quantitative estimate of drug-likeness (QED) is 0.504. The number of nitrogens with zero attached hydrogens (tertiary/aromatic N) is 8. The first-order valence-corrected chi connectivity index (χ1v) is 9.00. The second kappa shape index (κ2) is 6.30. The number of methoxy groups -OCH3 is 1. The Hall–Kier alpha value is -3.95. The van der Waals surface area contributed by atoms with Crippen molar-refractivity contribution in [3.05, 3.63) is 36.8 Å². The van der Waals surface area contributed by atoms with E-state index in [0.717, 1.165) is 33.7 Å². The van der Waals surface area contributed by atoms with Crippen LogP contribution in [0.3, 0.4) is 0 Å². The fourth-order valence-electron chi connectivity index (χ4n) is 3.30. The molecule has 0 aliphatic rings. The van der Waals surface area contributed by atoms with Gasteiger partial charge >= 0.3 is 0 Å². The van der Waals surface area contributed by atoms with E-state index in [0.29, 0.717) is 17.3 Å². The first kappa shape index (κ1) is 17.2. The van der Waals surface area contributed by atoms with Crippen molar-refractivity contribution in [3.8, 4) is 17.1 Å². The SMILES string of the molecule is COc1cc(Nc2cc(-c3cnc4ccn(C)c4n3)nn2C)nc2c1cnn2C. The van der Waals surface area contributed by atoms with Crippen molar-refractivity contribution in [3.63, 3.8) is 0 Å². The minimum atomic E-state index is 0.636. The van der Waals surface area contributed by atoms with Gasteiger partial charge in [0.2, 0.25) is 0 Å². The highest BCUT2D eigenvalue weighted by Crippen LogP contribution is 2.29. The number of pyridine rings is 1. The molecule has 29 heavy (non-hydrogen) atoms. The molecule has 10 heteroatoms. The molecule has 0 atom stereocenters. The third-order valence-corrected chi connectivity index (χ3v) is 4.86. The Labute approximate surface area is 165 Å².